The minimum Gasteiger partial charge on any atom is -0.311 e. The van der Waals surface area contributed by atoms with Gasteiger partial charge >= 0.3 is 0 Å². The van der Waals surface area contributed by atoms with Crippen molar-refractivity contribution in [3.8, 4) is 0 Å². The topological polar surface area (TPSA) is 12.0 Å². The number of thioether (sulfide) groups is 1. The summed E-state index contributed by atoms with van der Waals surface area (Å²) in [6, 6.07) is 8.31. The van der Waals surface area contributed by atoms with Crippen LogP contribution in [-0.4, -0.2) is 23.6 Å². The second-order valence-corrected chi connectivity index (χ2v) is 6.43. The summed E-state index contributed by atoms with van der Waals surface area (Å²) >= 11 is 1.97. The fourth-order valence-electron chi connectivity index (χ4n) is 2.56. The lowest BCUT2D eigenvalue weighted by Gasteiger charge is -2.38. The summed E-state index contributed by atoms with van der Waals surface area (Å²) < 4.78 is 13.6. The molecular formula is C15H22FNS. The van der Waals surface area contributed by atoms with Gasteiger partial charge in [-0.3, -0.25) is 0 Å². The highest BCUT2D eigenvalue weighted by atomic mass is 32.2. The molecule has 1 atom stereocenters. The van der Waals surface area contributed by atoms with Gasteiger partial charge in [0, 0.05) is 17.8 Å². The Bertz CT molecular complexity index is 377. The molecule has 0 bridgehead atoms. The minimum atomic E-state index is -0.0458. The monoisotopic (exact) mass is 267 g/mol. The van der Waals surface area contributed by atoms with E-state index in [1.165, 1.54) is 5.75 Å². The zero-order valence-electron chi connectivity index (χ0n) is 11.2. The van der Waals surface area contributed by atoms with Gasteiger partial charge < -0.3 is 5.32 Å². The Morgan fingerprint density at radius 1 is 1.39 bits per heavy atom. The van der Waals surface area contributed by atoms with Crippen LogP contribution >= 0.6 is 11.8 Å². The molecule has 0 aliphatic heterocycles. The molecule has 2 rings (SSSR count). The van der Waals surface area contributed by atoms with Crippen LogP contribution in [0.3, 0.4) is 0 Å². The third-order valence-electron chi connectivity index (χ3n) is 3.58. The Kier molecular flexibility index (Phi) is 5.07. The van der Waals surface area contributed by atoms with Crippen LogP contribution in [0.15, 0.2) is 24.3 Å². The van der Waals surface area contributed by atoms with Gasteiger partial charge in [0.15, 0.2) is 0 Å². The van der Waals surface area contributed by atoms with Crippen molar-refractivity contribution in [2.24, 2.45) is 0 Å². The lowest BCUT2D eigenvalue weighted by atomic mass is 9.75. The molecule has 0 spiro atoms. The van der Waals surface area contributed by atoms with E-state index in [9.17, 15) is 4.39 Å². The Morgan fingerprint density at radius 3 is 2.78 bits per heavy atom. The standard InChI is InChI=1S/C15H22FNS/c1-3-18-10-11(2)17-13-8-12(9-13)14-6-4-5-7-15(14)16/h4-7,11-13,17H,3,8-10H2,1-2H3. The molecule has 1 saturated carbocycles. The molecule has 1 N–H and O–H groups in total. The number of benzene rings is 1. The first-order valence-electron chi connectivity index (χ1n) is 6.79. The fourth-order valence-corrected chi connectivity index (χ4v) is 3.24. The summed E-state index contributed by atoms with van der Waals surface area (Å²) in [7, 11) is 0. The van der Waals surface area contributed by atoms with Crippen LogP contribution in [0.4, 0.5) is 4.39 Å². The van der Waals surface area contributed by atoms with E-state index in [0.717, 1.165) is 24.2 Å². The molecule has 0 radical (unpaired) electrons. The van der Waals surface area contributed by atoms with E-state index in [4.69, 9.17) is 0 Å². The number of hydrogen-bond acceptors (Lipinski definition) is 2. The van der Waals surface area contributed by atoms with Crippen LogP contribution in [-0.2, 0) is 0 Å². The first kappa shape index (κ1) is 13.9. The molecule has 1 unspecified atom stereocenters. The quantitative estimate of drug-likeness (QED) is 0.841. The maximum absolute atomic E-state index is 13.6. The van der Waals surface area contributed by atoms with Gasteiger partial charge in [0.25, 0.3) is 0 Å². The summed E-state index contributed by atoms with van der Waals surface area (Å²) in [4.78, 5) is 0. The van der Waals surface area contributed by atoms with Gasteiger partial charge in [0.2, 0.25) is 0 Å². The van der Waals surface area contributed by atoms with Gasteiger partial charge in [-0.25, -0.2) is 4.39 Å². The van der Waals surface area contributed by atoms with Crippen LogP contribution in [0.2, 0.25) is 0 Å². The van der Waals surface area contributed by atoms with Gasteiger partial charge in [-0.05, 0) is 43.1 Å². The molecule has 18 heavy (non-hydrogen) atoms. The van der Waals surface area contributed by atoms with Crippen molar-refractivity contribution < 1.29 is 4.39 Å². The Hall–Kier alpha value is -0.540. The Balaban J connectivity index is 1.75. The van der Waals surface area contributed by atoms with Crippen molar-refractivity contribution in [1.82, 2.24) is 5.32 Å². The zero-order chi connectivity index (χ0) is 13.0. The van der Waals surface area contributed by atoms with Gasteiger partial charge in [-0.1, -0.05) is 25.1 Å². The first-order chi connectivity index (χ1) is 8.70. The van der Waals surface area contributed by atoms with E-state index in [-0.39, 0.29) is 5.82 Å². The molecule has 0 amide bonds. The second-order valence-electron chi connectivity index (χ2n) is 5.11. The van der Waals surface area contributed by atoms with E-state index < -0.39 is 0 Å². The molecule has 3 heteroatoms. The van der Waals surface area contributed by atoms with E-state index in [0.29, 0.717) is 18.0 Å². The van der Waals surface area contributed by atoms with Crippen molar-refractivity contribution in [2.75, 3.05) is 11.5 Å². The summed E-state index contributed by atoms with van der Waals surface area (Å²) in [5, 5.41) is 3.63. The summed E-state index contributed by atoms with van der Waals surface area (Å²) in [6.45, 7) is 4.42. The number of hydrogen-bond donors (Lipinski definition) is 1. The highest BCUT2D eigenvalue weighted by Gasteiger charge is 2.32. The van der Waals surface area contributed by atoms with Gasteiger partial charge in [0.05, 0.1) is 0 Å². The van der Waals surface area contributed by atoms with Gasteiger partial charge in [-0.15, -0.1) is 0 Å². The summed E-state index contributed by atoms with van der Waals surface area (Å²) in [6.07, 6.45) is 2.14. The lowest BCUT2D eigenvalue weighted by molar-refractivity contribution is 0.271. The van der Waals surface area contributed by atoms with Gasteiger partial charge in [0.1, 0.15) is 5.82 Å². The molecule has 1 aliphatic carbocycles. The summed E-state index contributed by atoms with van der Waals surface area (Å²) in [5.41, 5.74) is 0.895. The summed E-state index contributed by atoms with van der Waals surface area (Å²) in [5.74, 6) is 2.71. The Labute approximate surface area is 114 Å². The third kappa shape index (κ3) is 3.48. The van der Waals surface area contributed by atoms with E-state index in [1.54, 1.807) is 12.1 Å². The second kappa shape index (κ2) is 6.58. The third-order valence-corrected chi connectivity index (χ3v) is 4.72. The molecular weight excluding hydrogens is 245 g/mol. The van der Waals surface area contributed by atoms with E-state index >= 15 is 0 Å². The molecule has 0 saturated heterocycles. The number of halogens is 1. The molecule has 1 fully saturated rings. The predicted molar refractivity (Wildman–Crippen MR) is 77.8 cm³/mol. The smallest absolute Gasteiger partial charge is 0.126 e. The van der Waals surface area contributed by atoms with Crippen LogP contribution < -0.4 is 5.32 Å². The molecule has 1 nitrogen and oxygen atoms in total. The van der Waals surface area contributed by atoms with Crippen molar-refractivity contribution in [2.45, 2.75) is 44.7 Å². The van der Waals surface area contributed by atoms with Gasteiger partial charge in [-0.2, -0.15) is 11.8 Å². The fraction of sp³-hybridized carbons (Fsp3) is 0.600. The maximum Gasteiger partial charge on any atom is 0.126 e. The molecule has 100 valence electrons. The Morgan fingerprint density at radius 2 is 2.11 bits per heavy atom. The van der Waals surface area contributed by atoms with Crippen LogP contribution in [0.5, 0.6) is 0 Å². The number of nitrogens with one attached hydrogen (secondary N) is 1. The maximum atomic E-state index is 13.6. The van der Waals surface area contributed by atoms with Crippen LogP contribution in [0.1, 0.15) is 38.2 Å². The molecule has 0 aromatic heterocycles. The van der Waals surface area contributed by atoms with E-state index in [1.807, 2.05) is 23.9 Å². The van der Waals surface area contributed by atoms with Crippen LogP contribution in [0.25, 0.3) is 0 Å². The minimum absolute atomic E-state index is 0.0458. The molecule has 1 aromatic carbocycles. The molecule has 0 heterocycles. The lowest BCUT2D eigenvalue weighted by Crippen LogP contribution is -2.45. The normalized spacial score (nSPS) is 24.6. The predicted octanol–water partition coefficient (Wildman–Crippen LogP) is 3.80. The SMILES string of the molecule is CCSCC(C)NC1CC(c2ccccc2F)C1. The van der Waals surface area contributed by atoms with E-state index in [2.05, 4.69) is 19.2 Å². The number of rotatable bonds is 6. The molecule has 1 aliphatic rings. The molecule has 1 aromatic rings. The first-order valence-corrected chi connectivity index (χ1v) is 7.94. The zero-order valence-corrected chi connectivity index (χ0v) is 12.0. The van der Waals surface area contributed by atoms with Crippen molar-refractivity contribution >= 4 is 11.8 Å². The van der Waals surface area contributed by atoms with Crippen molar-refractivity contribution in [3.63, 3.8) is 0 Å². The highest BCUT2D eigenvalue weighted by molar-refractivity contribution is 7.99. The van der Waals surface area contributed by atoms with Crippen LogP contribution in [0, 0.1) is 5.82 Å². The van der Waals surface area contributed by atoms with Crippen molar-refractivity contribution in [3.05, 3.63) is 35.6 Å². The largest absolute Gasteiger partial charge is 0.311 e. The van der Waals surface area contributed by atoms with Crippen molar-refractivity contribution in [1.29, 1.82) is 0 Å². The average molecular weight is 267 g/mol. The average Bonchev–Trinajstić information content (AvgIpc) is 2.32. The highest BCUT2D eigenvalue weighted by Crippen LogP contribution is 2.38.